The molecule has 1 aliphatic rings. The Hall–Kier alpha value is -1.42. The summed E-state index contributed by atoms with van der Waals surface area (Å²) < 4.78 is 19.0. The van der Waals surface area contributed by atoms with Crippen LogP contribution in [-0.2, 0) is 4.74 Å². The van der Waals surface area contributed by atoms with E-state index in [1.807, 2.05) is 4.90 Å². The fourth-order valence-electron chi connectivity index (χ4n) is 2.43. The first-order chi connectivity index (χ1) is 9.31. The van der Waals surface area contributed by atoms with Crippen molar-refractivity contribution in [1.82, 2.24) is 4.98 Å². The van der Waals surface area contributed by atoms with Gasteiger partial charge in [-0.25, -0.2) is 9.37 Å². The van der Waals surface area contributed by atoms with Crippen LogP contribution in [0.5, 0.6) is 0 Å². The van der Waals surface area contributed by atoms with Crippen molar-refractivity contribution in [1.29, 1.82) is 0 Å². The van der Waals surface area contributed by atoms with Crippen molar-refractivity contribution in [3.8, 4) is 0 Å². The van der Waals surface area contributed by atoms with Crippen LogP contribution >= 0.6 is 0 Å². The first-order valence-electron chi connectivity index (χ1n) is 6.80. The molecule has 3 nitrogen and oxygen atoms in total. The SMILES string of the molecule is COCCN(CC1CC=CCC1)c1ncccc1F. The van der Waals surface area contributed by atoms with Gasteiger partial charge in [-0.15, -0.1) is 0 Å². The van der Waals surface area contributed by atoms with Crippen LogP contribution < -0.4 is 4.90 Å². The van der Waals surface area contributed by atoms with Crippen LogP contribution in [0, 0.1) is 11.7 Å². The normalized spacial score (nSPS) is 18.5. The Kier molecular flexibility index (Phi) is 5.33. The van der Waals surface area contributed by atoms with Gasteiger partial charge in [0.2, 0.25) is 0 Å². The molecule has 0 radical (unpaired) electrons. The second kappa shape index (κ2) is 7.24. The summed E-state index contributed by atoms with van der Waals surface area (Å²) in [6.07, 6.45) is 9.42. The highest BCUT2D eigenvalue weighted by Gasteiger charge is 2.18. The van der Waals surface area contributed by atoms with Crippen molar-refractivity contribution >= 4 is 5.82 Å². The van der Waals surface area contributed by atoms with Crippen molar-refractivity contribution in [2.75, 3.05) is 31.7 Å². The summed E-state index contributed by atoms with van der Waals surface area (Å²) in [6, 6.07) is 3.08. The highest BCUT2D eigenvalue weighted by atomic mass is 19.1. The molecule has 4 heteroatoms. The summed E-state index contributed by atoms with van der Waals surface area (Å²) >= 11 is 0. The molecular weight excluding hydrogens is 243 g/mol. The third-order valence-corrected chi connectivity index (χ3v) is 3.46. The van der Waals surface area contributed by atoms with E-state index in [-0.39, 0.29) is 5.82 Å². The second-order valence-corrected chi connectivity index (χ2v) is 4.90. The molecule has 0 bridgehead atoms. The molecule has 0 aliphatic heterocycles. The number of allylic oxidation sites excluding steroid dienone is 2. The Labute approximate surface area is 114 Å². The van der Waals surface area contributed by atoms with Crippen LogP contribution in [0.2, 0.25) is 0 Å². The van der Waals surface area contributed by atoms with Gasteiger partial charge in [-0.1, -0.05) is 12.2 Å². The van der Waals surface area contributed by atoms with Crippen LogP contribution in [0.1, 0.15) is 19.3 Å². The number of aromatic nitrogens is 1. The number of methoxy groups -OCH3 is 1. The minimum Gasteiger partial charge on any atom is -0.383 e. The van der Waals surface area contributed by atoms with Crippen molar-refractivity contribution in [3.05, 3.63) is 36.3 Å². The first-order valence-corrected chi connectivity index (χ1v) is 6.80. The van der Waals surface area contributed by atoms with E-state index < -0.39 is 0 Å². The quantitative estimate of drug-likeness (QED) is 0.738. The summed E-state index contributed by atoms with van der Waals surface area (Å²) in [7, 11) is 1.66. The number of pyridine rings is 1. The molecule has 1 aliphatic carbocycles. The zero-order valence-corrected chi connectivity index (χ0v) is 11.4. The van der Waals surface area contributed by atoms with E-state index in [1.54, 1.807) is 19.4 Å². The first kappa shape index (κ1) is 14.0. The Balaban J connectivity index is 2.06. The molecule has 1 atom stereocenters. The van der Waals surface area contributed by atoms with Crippen LogP contribution in [0.25, 0.3) is 0 Å². The molecule has 0 N–H and O–H groups in total. The van der Waals surface area contributed by atoms with Crippen molar-refractivity contribution in [2.24, 2.45) is 5.92 Å². The summed E-state index contributed by atoms with van der Waals surface area (Å²) in [4.78, 5) is 6.18. The van der Waals surface area contributed by atoms with E-state index in [2.05, 4.69) is 17.1 Å². The van der Waals surface area contributed by atoms with Gasteiger partial charge in [0.05, 0.1) is 6.61 Å². The fourth-order valence-corrected chi connectivity index (χ4v) is 2.43. The number of nitrogens with zero attached hydrogens (tertiary/aromatic N) is 2. The van der Waals surface area contributed by atoms with Gasteiger partial charge in [-0.2, -0.15) is 0 Å². The molecule has 1 unspecified atom stereocenters. The van der Waals surface area contributed by atoms with E-state index >= 15 is 0 Å². The van der Waals surface area contributed by atoms with E-state index in [0.717, 1.165) is 25.8 Å². The summed E-state index contributed by atoms with van der Waals surface area (Å²) in [5, 5.41) is 0. The molecule has 0 amide bonds. The maximum absolute atomic E-state index is 13.9. The Morgan fingerprint density at radius 2 is 2.37 bits per heavy atom. The van der Waals surface area contributed by atoms with Crippen LogP contribution in [0.15, 0.2) is 30.5 Å². The molecule has 1 aromatic rings. The molecule has 104 valence electrons. The molecule has 19 heavy (non-hydrogen) atoms. The van der Waals surface area contributed by atoms with E-state index in [4.69, 9.17) is 4.74 Å². The van der Waals surface area contributed by atoms with E-state index in [1.165, 1.54) is 6.07 Å². The third-order valence-electron chi connectivity index (χ3n) is 3.46. The van der Waals surface area contributed by atoms with Crippen molar-refractivity contribution in [3.63, 3.8) is 0 Å². The molecule has 0 aromatic carbocycles. The van der Waals surface area contributed by atoms with Gasteiger partial charge in [0, 0.05) is 26.4 Å². The molecule has 1 heterocycles. The maximum Gasteiger partial charge on any atom is 0.165 e. The number of rotatable bonds is 6. The lowest BCUT2D eigenvalue weighted by Gasteiger charge is -2.29. The Morgan fingerprint density at radius 1 is 1.47 bits per heavy atom. The predicted octanol–water partition coefficient (Wildman–Crippen LogP) is 3.03. The highest BCUT2D eigenvalue weighted by molar-refractivity contribution is 5.39. The fraction of sp³-hybridized carbons (Fsp3) is 0.533. The maximum atomic E-state index is 13.9. The Morgan fingerprint density at radius 3 is 3.05 bits per heavy atom. The van der Waals surface area contributed by atoms with Gasteiger partial charge in [-0.05, 0) is 37.3 Å². The van der Waals surface area contributed by atoms with Gasteiger partial charge < -0.3 is 9.64 Å². The number of hydrogen-bond acceptors (Lipinski definition) is 3. The van der Waals surface area contributed by atoms with Crippen LogP contribution in [-0.4, -0.2) is 31.8 Å². The topological polar surface area (TPSA) is 25.4 Å². The molecule has 1 aromatic heterocycles. The highest BCUT2D eigenvalue weighted by Crippen LogP contribution is 2.23. The van der Waals surface area contributed by atoms with Gasteiger partial charge in [-0.3, -0.25) is 0 Å². The van der Waals surface area contributed by atoms with Crippen molar-refractivity contribution < 1.29 is 9.13 Å². The van der Waals surface area contributed by atoms with Crippen LogP contribution in [0.4, 0.5) is 10.2 Å². The number of hydrogen-bond donors (Lipinski definition) is 0. The lowest BCUT2D eigenvalue weighted by atomic mass is 9.94. The van der Waals surface area contributed by atoms with E-state index in [9.17, 15) is 4.39 Å². The van der Waals surface area contributed by atoms with Crippen LogP contribution in [0.3, 0.4) is 0 Å². The minimum atomic E-state index is -0.259. The van der Waals surface area contributed by atoms with Crippen molar-refractivity contribution in [2.45, 2.75) is 19.3 Å². The van der Waals surface area contributed by atoms with Gasteiger partial charge >= 0.3 is 0 Å². The summed E-state index contributed by atoms with van der Waals surface area (Å²) in [5.74, 6) is 0.752. The molecule has 0 saturated carbocycles. The largest absolute Gasteiger partial charge is 0.383 e. The third kappa shape index (κ3) is 4.03. The smallest absolute Gasteiger partial charge is 0.165 e. The molecular formula is C15H21FN2O. The van der Waals surface area contributed by atoms with Gasteiger partial charge in [0.25, 0.3) is 0 Å². The number of anilines is 1. The zero-order chi connectivity index (χ0) is 13.5. The van der Waals surface area contributed by atoms with E-state index in [0.29, 0.717) is 24.9 Å². The minimum absolute atomic E-state index is 0.259. The second-order valence-electron chi connectivity index (χ2n) is 4.90. The Bertz CT molecular complexity index is 422. The standard InChI is InChI=1S/C15H21FN2O/c1-19-11-10-18(12-13-6-3-2-4-7-13)15-14(16)8-5-9-17-15/h2-3,5,8-9,13H,4,6-7,10-12H2,1H3. The molecule has 0 spiro atoms. The van der Waals surface area contributed by atoms with Gasteiger partial charge in [0.15, 0.2) is 11.6 Å². The number of halogens is 1. The lowest BCUT2D eigenvalue weighted by Crippen LogP contribution is -2.34. The predicted molar refractivity (Wildman–Crippen MR) is 74.8 cm³/mol. The lowest BCUT2D eigenvalue weighted by molar-refractivity contribution is 0.203. The summed E-state index contributed by atoms with van der Waals surface area (Å²) in [5.41, 5.74) is 0. The molecule has 2 rings (SSSR count). The average molecular weight is 264 g/mol. The average Bonchev–Trinajstić information content (AvgIpc) is 2.45. The van der Waals surface area contributed by atoms with Gasteiger partial charge in [0.1, 0.15) is 0 Å². The molecule has 0 fully saturated rings. The zero-order valence-electron chi connectivity index (χ0n) is 11.4. The molecule has 0 saturated heterocycles. The summed E-state index contributed by atoms with van der Waals surface area (Å²) in [6.45, 7) is 2.09. The number of ether oxygens (including phenoxy) is 1. The monoisotopic (exact) mass is 264 g/mol.